The minimum Gasteiger partial charge on any atom is -0.490 e. The van der Waals surface area contributed by atoms with Gasteiger partial charge in [-0.15, -0.1) is 0 Å². The highest BCUT2D eigenvalue weighted by Crippen LogP contribution is 2.32. The molecule has 2 rings (SSSR count). The fraction of sp³-hybridized carbons (Fsp3) is 0.231. The number of rotatable bonds is 6. The standard InChI is InChI=1S/C13H14N4O4/c1-3-15-12-7-14-8-13(16-12)21-9-4-5-11(20-2)10(6-9)17(18)19/h4-8H,3H2,1-2H3,(H,15,16). The largest absolute Gasteiger partial charge is 0.490 e. The molecule has 1 heterocycles. The first kappa shape index (κ1) is 14.5. The number of nitrogens with one attached hydrogen (secondary N) is 1. The van der Waals surface area contributed by atoms with Crippen LogP contribution in [0.5, 0.6) is 17.4 Å². The van der Waals surface area contributed by atoms with Crippen LogP contribution in [-0.2, 0) is 0 Å². The first-order chi connectivity index (χ1) is 10.1. The molecule has 0 bridgehead atoms. The molecule has 0 spiro atoms. The van der Waals surface area contributed by atoms with E-state index in [9.17, 15) is 10.1 Å². The van der Waals surface area contributed by atoms with Crippen molar-refractivity contribution in [1.82, 2.24) is 9.97 Å². The summed E-state index contributed by atoms with van der Waals surface area (Å²) in [7, 11) is 1.37. The molecule has 110 valence electrons. The molecule has 8 heteroatoms. The van der Waals surface area contributed by atoms with E-state index in [0.29, 0.717) is 12.4 Å². The van der Waals surface area contributed by atoms with Crippen LogP contribution in [0.3, 0.4) is 0 Å². The highest BCUT2D eigenvalue weighted by Gasteiger charge is 2.16. The number of benzene rings is 1. The summed E-state index contributed by atoms with van der Waals surface area (Å²) in [6.07, 6.45) is 2.99. The van der Waals surface area contributed by atoms with Gasteiger partial charge in [0.05, 0.1) is 30.5 Å². The zero-order valence-electron chi connectivity index (χ0n) is 11.6. The van der Waals surface area contributed by atoms with E-state index in [1.807, 2.05) is 6.92 Å². The molecule has 0 unspecified atom stereocenters. The van der Waals surface area contributed by atoms with E-state index in [-0.39, 0.29) is 23.1 Å². The van der Waals surface area contributed by atoms with Crippen molar-refractivity contribution in [1.29, 1.82) is 0 Å². The van der Waals surface area contributed by atoms with Gasteiger partial charge >= 0.3 is 5.69 Å². The Morgan fingerprint density at radius 3 is 2.86 bits per heavy atom. The lowest BCUT2D eigenvalue weighted by Gasteiger charge is -2.08. The van der Waals surface area contributed by atoms with Crippen LogP contribution < -0.4 is 14.8 Å². The summed E-state index contributed by atoms with van der Waals surface area (Å²) in [6, 6.07) is 4.31. The molecule has 0 saturated carbocycles. The Kier molecular flexibility index (Phi) is 4.50. The van der Waals surface area contributed by atoms with E-state index in [2.05, 4.69) is 15.3 Å². The number of anilines is 1. The smallest absolute Gasteiger partial charge is 0.314 e. The zero-order chi connectivity index (χ0) is 15.2. The second-order valence-electron chi connectivity index (χ2n) is 3.97. The van der Waals surface area contributed by atoms with Crippen molar-refractivity contribution >= 4 is 11.5 Å². The van der Waals surface area contributed by atoms with Crippen molar-refractivity contribution < 1.29 is 14.4 Å². The monoisotopic (exact) mass is 290 g/mol. The number of ether oxygens (including phenoxy) is 2. The number of methoxy groups -OCH3 is 1. The fourth-order valence-electron chi connectivity index (χ4n) is 1.66. The third-order valence-electron chi connectivity index (χ3n) is 2.54. The molecule has 0 amide bonds. The molecule has 0 aliphatic heterocycles. The summed E-state index contributed by atoms with van der Waals surface area (Å²) in [5.41, 5.74) is -0.175. The summed E-state index contributed by atoms with van der Waals surface area (Å²) in [6.45, 7) is 2.63. The molecule has 2 aromatic rings. The highest BCUT2D eigenvalue weighted by atomic mass is 16.6. The molecule has 1 N–H and O–H groups in total. The highest BCUT2D eigenvalue weighted by molar-refractivity contribution is 5.51. The second kappa shape index (κ2) is 6.51. The normalized spacial score (nSPS) is 10.0. The van der Waals surface area contributed by atoms with Gasteiger partial charge in [-0.1, -0.05) is 0 Å². The molecule has 0 aliphatic carbocycles. The van der Waals surface area contributed by atoms with E-state index < -0.39 is 4.92 Å². The Morgan fingerprint density at radius 1 is 1.38 bits per heavy atom. The van der Waals surface area contributed by atoms with Gasteiger partial charge in [-0.3, -0.25) is 15.1 Å². The lowest BCUT2D eigenvalue weighted by molar-refractivity contribution is -0.385. The van der Waals surface area contributed by atoms with Gasteiger partial charge in [0.2, 0.25) is 5.88 Å². The minimum atomic E-state index is -0.535. The molecular formula is C13H14N4O4. The van der Waals surface area contributed by atoms with Gasteiger partial charge in [-0.2, -0.15) is 4.98 Å². The number of nitro groups is 1. The molecule has 0 fully saturated rings. The van der Waals surface area contributed by atoms with Crippen LogP contribution in [-0.4, -0.2) is 28.5 Å². The maximum absolute atomic E-state index is 11.0. The third kappa shape index (κ3) is 3.56. The fourth-order valence-corrected chi connectivity index (χ4v) is 1.66. The average Bonchev–Trinajstić information content (AvgIpc) is 2.48. The Hall–Kier alpha value is -2.90. The molecule has 8 nitrogen and oxygen atoms in total. The summed E-state index contributed by atoms with van der Waals surface area (Å²) < 4.78 is 10.4. The average molecular weight is 290 g/mol. The number of aromatic nitrogens is 2. The Morgan fingerprint density at radius 2 is 2.19 bits per heavy atom. The molecule has 0 aliphatic rings. The summed E-state index contributed by atoms with van der Waals surface area (Å²) in [5.74, 6) is 1.26. The van der Waals surface area contributed by atoms with Gasteiger partial charge in [0, 0.05) is 6.54 Å². The minimum absolute atomic E-state index is 0.167. The topological polar surface area (TPSA) is 99.4 Å². The van der Waals surface area contributed by atoms with Crippen molar-refractivity contribution in [3.05, 3.63) is 40.7 Å². The maximum atomic E-state index is 11.0. The lowest BCUT2D eigenvalue weighted by Crippen LogP contribution is -2.01. The van der Waals surface area contributed by atoms with Crippen LogP contribution in [0.15, 0.2) is 30.6 Å². The zero-order valence-corrected chi connectivity index (χ0v) is 11.6. The van der Waals surface area contributed by atoms with Crippen LogP contribution >= 0.6 is 0 Å². The van der Waals surface area contributed by atoms with Crippen LogP contribution in [0, 0.1) is 10.1 Å². The Balaban J connectivity index is 2.25. The molecule has 1 aromatic carbocycles. The lowest BCUT2D eigenvalue weighted by atomic mass is 10.3. The van der Waals surface area contributed by atoms with Crippen LogP contribution in [0.4, 0.5) is 11.5 Å². The molecule has 0 atom stereocenters. The number of nitrogens with zero attached hydrogens (tertiary/aromatic N) is 3. The number of hydrogen-bond donors (Lipinski definition) is 1. The molecular weight excluding hydrogens is 276 g/mol. The van der Waals surface area contributed by atoms with Crippen LogP contribution in [0.1, 0.15) is 6.92 Å². The maximum Gasteiger partial charge on any atom is 0.314 e. The number of hydrogen-bond acceptors (Lipinski definition) is 7. The van der Waals surface area contributed by atoms with Crippen molar-refractivity contribution in [3.8, 4) is 17.4 Å². The first-order valence-corrected chi connectivity index (χ1v) is 6.20. The van der Waals surface area contributed by atoms with Gasteiger partial charge < -0.3 is 14.8 Å². The van der Waals surface area contributed by atoms with Crippen molar-refractivity contribution in [2.45, 2.75) is 6.92 Å². The van der Waals surface area contributed by atoms with Crippen LogP contribution in [0.2, 0.25) is 0 Å². The second-order valence-corrected chi connectivity index (χ2v) is 3.97. The molecule has 1 aromatic heterocycles. The van der Waals surface area contributed by atoms with Gasteiger partial charge in [0.1, 0.15) is 11.6 Å². The Bertz CT molecular complexity index is 648. The molecule has 21 heavy (non-hydrogen) atoms. The van der Waals surface area contributed by atoms with E-state index in [0.717, 1.165) is 0 Å². The van der Waals surface area contributed by atoms with Gasteiger partial charge in [0.25, 0.3) is 0 Å². The van der Waals surface area contributed by atoms with Gasteiger partial charge in [-0.05, 0) is 19.1 Å². The van der Waals surface area contributed by atoms with Crippen LogP contribution in [0.25, 0.3) is 0 Å². The molecule has 0 radical (unpaired) electrons. The predicted molar refractivity (Wildman–Crippen MR) is 75.9 cm³/mol. The predicted octanol–water partition coefficient (Wildman–Crippen LogP) is 2.62. The summed E-state index contributed by atoms with van der Waals surface area (Å²) in [5, 5.41) is 14.0. The van der Waals surface area contributed by atoms with Crippen molar-refractivity contribution in [2.75, 3.05) is 19.0 Å². The van der Waals surface area contributed by atoms with Crippen molar-refractivity contribution in [2.24, 2.45) is 0 Å². The number of nitro benzene ring substituents is 1. The van der Waals surface area contributed by atoms with Gasteiger partial charge in [-0.25, -0.2) is 0 Å². The molecule has 0 saturated heterocycles. The van der Waals surface area contributed by atoms with E-state index >= 15 is 0 Å². The van der Waals surface area contributed by atoms with Gasteiger partial charge in [0.15, 0.2) is 5.75 Å². The van der Waals surface area contributed by atoms with E-state index in [1.54, 1.807) is 12.3 Å². The summed E-state index contributed by atoms with van der Waals surface area (Å²) >= 11 is 0. The van der Waals surface area contributed by atoms with Crippen molar-refractivity contribution in [3.63, 3.8) is 0 Å². The van der Waals surface area contributed by atoms with E-state index in [4.69, 9.17) is 9.47 Å². The quantitative estimate of drug-likeness (QED) is 0.644. The Labute approximate surface area is 120 Å². The summed E-state index contributed by atoms with van der Waals surface area (Å²) in [4.78, 5) is 18.6. The van der Waals surface area contributed by atoms with E-state index in [1.165, 1.54) is 25.4 Å². The first-order valence-electron chi connectivity index (χ1n) is 6.20. The third-order valence-corrected chi connectivity index (χ3v) is 2.54. The SMILES string of the molecule is CCNc1cncc(Oc2ccc(OC)c([N+](=O)[O-])c2)n1.